The minimum absolute atomic E-state index is 0.112. The number of hydrogen-bond donors (Lipinski definition) is 0. The summed E-state index contributed by atoms with van der Waals surface area (Å²) in [5, 5.41) is -3.16. The smallest absolute Gasteiger partial charge is 0.184 e. The second-order valence-corrected chi connectivity index (χ2v) is 1.94. The van der Waals surface area contributed by atoms with Crippen molar-refractivity contribution in [3.8, 4) is 0 Å². The highest BCUT2D eigenvalue weighted by molar-refractivity contribution is 6.23. The van der Waals surface area contributed by atoms with Crippen LogP contribution >= 0.6 is 11.6 Å². The molecule has 0 spiro atoms. The van der Waals surface area contributed by atoms with Gasteiger partial charge < -0.3 is 0 Å². The van der Waals surface area contributed by atoms with Gasteiger partial charge in [0.15, 0.2) is 0 Å². The fourth-order valence-corrected chi connectivity index (χ4v) is 0.273. The van der Waals surface area contributed by atoms with E-state index in [0.717, 1.165) is 0 Å². The Morgan fingerprint density at radius 3 is 2.00 bits per heavy atom. The van der Waals surface area contributed by atoms with Gasteiger partial charge in [-0.3, -0.25) is 0 Å². The molecule has 0 aromatic heterocycles. The van der Waals surface area contributed by atoms with Crippen LogP contribution in [0.1, 0.15) is 13.8 Å². The van der Waals surface area contributed by atoms with Gasteiger partial charge in [0, 0.05) is 5.57 Å². The minimum Gasteiger partial charge on any atom is -0.184 e. The molecule has 0 aliphatic carbocycles. The molecule has 0 aromatic rings. The maximum Gasteiger partial charge on any atom is 0.344 e. The molecule has 0 radical (unpaired) electrons. The van der Waals surface area contributed by atoms with Gasteiger partial charge in [0.05, 0.1) is 0 Å². The fraction of sp³-hybridized carbons (Fsp3) is 0.600. The zero-order valence-electron chi connectivity index (χ0n) is 4.71. The molecular formula is C5H7ClF2. The molecule has 0 nitrogen and oxygen atoms in total. The normalized spacial score (nSPS) is 14.4. The molecule has 48 valence electrons. The second kappa shape index (κ2) is 2.44. The lowest BCUT2D eigenvalue weighted by Crippen LogP contribution is -2.05. The van der Waals surface area contributed by atoms with E-state index in [1.807, 2.05) is 0 Å². The van der Waals surface area contributed by atoms with E-state index >= 15 is 0 Å². The van der Waals surface area contributed by atoms with E-state index in [4.69, 9.17) is 0 Å². The Labute approximate surface area is 52.1 Å². The molecule has 0 bridgehead atoms. The van der Waals surface area contributed by atoms with Gasteiger partial charge in [-0.05, 0) is 25.4 Å². The highest BCUT2D eigenvalue weighted by Gasteiger charge is 2.25. The first-order valence-corrected chi connectivity index (χ1v) is 2.56. The molecule has 0 aromatic carbocycles. The lowest BCUT2D eigenvalue weighted by atomic mass is 10.3. The Balaban J connectivity index is 4.03. The predicted molar refractivity (Wildman–Crippen MR) is 30.2 cm³/mol. The van der Waals surface area contributed by atoms with Crippen LogP contribution < -0.4 is 0 Å². The van der Waals surface area contributed by atoms with Crippen molar-refractivity contribution >= 4 is 11.6 Å². The molecule has 0 saturated carbocycles. The van der Waals surface area contributed by atoms with Gasteiger partial charge in [-0.25, -0.2) is 0 Å². The van der Waals surface area contributed by atoms with Crippen molar-refractivity contribution in [1.82, 2.24) is 0 Å². The Kier molecular flexibility index (Phi) is 2.41. The first-order valence-electron chi connectivity index (χ1n) is 2.18. The van der Waals surface area contributed by atoms with Crippen molar-refractivity contribution in [2.24, 2.45) is 0 Å². The van der Waals surface area contributed by atoms with Crippen LogP contribution in [0.25, 0.3) is 0 Å². The number of halogens is 3. The summed E-state index contributed by atoms with van der Waals surface area (Å²) in [5.41, 5.74) is -0.112. The summed E-state index contributed by atoms with van der Waals surface area (Å²) in [7, 11) is 0. The first-order chi connectivity index (χ1) is 3.48. The van der Waals surface area contributed by atoms with E-state index in [-0.39, 0.29) is 5.57 Å². The molecule has 0 heterocycles. The van der Waals surface area contributed by atoms with Crippen molar-refractivity contribution in [1.29, 1.82) is 0 Å². The van der Waals surface area contributed by atoms with E-state index in [2.05, 4.69) is 11.6 Å². The Bertz CT molecular complexity index is 101. The van der Waals surface area contributed by atoms with Crippen LogP contribution in [0.15, 0.2) is 11.6 Å². The molecule has 0 saturated heterocycles. The largest absolute Gasteiger partial charge is 0.344 e. The third kappa shape index (κ3) is 2.26. The standard InChI is InChI=1S/C5H7ClF2/c1-3-4(2)5(6,7)8/h3H,1-2H3. The van der Waals surface area contributed by atoms with E-state index in [1.165, 1.54) is 19.9 Å². The zero-order chi connectivity index (χ0) is 6.78. The van der Waals surface area contributed by atoms with Crippen molar-refractivity contribution in [2.75, 3.05) is 0 Å². The van der Waals surface area contributed by atoms with E-state index in [9.17, 15) is 8.78 Å². The summed E-state index contributed by atoms with van der Waals surface area (Å²) in [6, 6.07) is 0. The number of rotatable bonds is 1. The zero-order valence-corrected chi connectivity index (χ0v) is 5.47. The monoisotopic (exact) mass is 140 g/mol. The molecule has 0 amide bonds. The second-order valence-electron chi connectivity index (χ2n) is 1.47. The van der Waals surface area contributed by atoms with Crippen LogP contribution in [0, 0.1) is 0 Å². The summed E-state index contributed by atoms with van der Waals surface area (Å²) >= 11 is 4.58. The SMILES string of the molecule is CC=C(C)C(F)(F)Cl. The van der Waals surface area contributed by atoms with Gasteiger partial charge in [-0.2, -0.15) is 8.78 Å². The van der Waals surface area contributed by atoms with Gasteiger partial charge in [0.25, 0.3) is 0 Å². The van der Waals surface area contributed by atoms with Crippen LogP contribution in [-0.2, 0) is 0 Å². The Hall–Kier alpha value is -0.110. The van der Waals surface area contributed by atoms with Crippen LogP contribution in [0.3, 0.4) is 0 Å². The summed E-state index contributed by atoms with van der Waals surface area (Å²) < 4.78 is 23.6. The summed E-state index contributed by atoms with van der Waals surface area (Å²) in [6.07, 6.45) is 1.28. The predicted octanol–water partition coefficient (Wildman–Crippen LogP) is 2.78. The third-order valence-electron chi connectivity index (χ3n) is 0.880. The van der Waals surface area contributed by atoms with Crippen molar-refractivity contribution in [2.45, 2.75) is 19.2 Å². The Morgan fingerprint density at radius 2 is 2.00 bits per heavy atom. The molecule has 0 atom stereocenters. The van der Waals surface area contributed by atoms with Crippen LogP contribution in [0.4, 0.5) is 8.78 Å². The fourth-order valence-electron chi connectivity index (χ4n) is 0.164. The number of hydrogen-bond acceptors (Lipinski definition) is 0. The van der Waals surface area contributed by atoms with Crippen molar-refractivity contribution < 1.29 is 8.78 Å². The molecular weight excluding hydrogens is 134 g/mol. The quantitative estimate of drug-likeness (QED) is 0.388. The molecule has 0 unspecified atom stereocenters. The third-order valence-corrected chi connectivity index (χ3v) is 1.18. The minimum atomic E-state index is -3.16. The number of alkyl halides is 3. The summed E-state index contributed by atoms with van der Waals surface area (Å²) in [6.45, 7) is 2.80. The highest BCUT2D eigenvalue weighted by Crippen LogP contribution is 2.27. The molecule has 8 heavy (non-hydrogen) atoms. The molecule has 0 aliphatic rings. The number of allylic oxidation sites excluding steroid dienone is 2. The summed E-state index contributed by atoms with van der Waals surface area (Å²) in [4.78, 5) is 0. The first kappa shape index (κ1) is 7.89. The van der Waals surface area contributed by atoms with Gasteiger partial charge in [0.2, 0.25) is 0 Å². The molecule has 0 rings (SSSR count). The molecule has 3 heteroatoms. The van der Waals surface area contributed by atoms with E-state index in [0.29, 0.717) is 0 Å². The highest BCUT2D eigenvalue weighted by atomic mass is 35.5. The van der Waals surface area contributed by atoms with Crippen molar-refractivity contribution in [3.63, 3.8) is 0 Å². The average Bonchev–Trinajstić information content (AvgIpc) is 1.62. The molecule has 0 fully saturated rings. The van der Waals surface area contributed by atoms with Gasteiger partial charge in [0.1, 0.15) is 0 Å². The van der Waals surface area contributed by atoms with Gasteiger partial charge in [-0.15, -0.1) is 0 Å². The van der Waals surface area contributed by atoms with Gasteiger partial charge in [-0.1, -0.05) is 6.08 Å². The van der Waals surface area contributed by atoms with Crippen molar-refractivity contribution in [3.05, 3.63) is 11.6 Å². The Morgan fingerprint density at radius 1 is 1.62 bits per heavy atom. The lowest BCUT2D eigenvalue weighted by Gasteiger charge is -2.05. The lowest BCUT2D eigenvalue weighted by molar-refractivity contribution is 0.138. The maximum absolute atomic E-state index is 11.8. The van der Waals surface area contributed by atoms with Crippen LogP contribution in [0.2, 0.25) is 0 Å². The van der Waals surface area contributed by atoms with E-state index < -0.39 is 5.38 Å². The van der Waals surface area contributed by atoms with E-state index in [1.54, 1.807) is 0 Å². The van der Waals surface area contributed by atoms with Crippen LogP contribution in [-0.4, -0.2) is 5.38 Å². The summed E-state index contributed by atoms with van der Waals surface area (Å²) in [5.74, 6) is 0. The molecule has 0 N–H and O–H groups in total. The maximum atomic E-state index is 11.8. The van der Waals surface area contributed by atoms with Crippen LogP contribution in [0.5, 0.6) is 0 Å². The molecule has 0 aliphatic heterocycles. The average molecular weight is 141 g/mol. The topological polar surface area (TPSA) is 0 Å². The van der Waals surface area contributed by atoms with Gasteiger partial charge >= 0.3 is 5.38 Å².